The lowest BCUT2D eigenvalue weighted by Gasteiger charge is -2.08. The first-order valence-corrected chi connectivity index (χ1v) is 4.37. The van der Waals surface area contributed by atoms with Gasteiger partial charge in [0.25, 0.3) is 0 Å². The van der Waals surface area contributed by atoms with Crippen LogP contribution in [0.15, 0.2) is 24.3 Å². The minimum Gasteiger partial charge on any atom is -0.294 e. The Hall–Kier alpha value is -1.53. The van der Waals surface area contributed by atoms with E-state index in [0.717, 1.165) is 12.1 Å². The molecular formula is C10H6F6O. The molecule has 7 heteroatoms. The van der Waals surface area contributed by atoms with Gasteiger partial charge in [0.15, 0.2) is 5.78 Å². The van der Waals surface area contributed by atoms with E-state index in [-0.39, 0.29) is 0 Å². The molecular weight excluding hydrogens is 250 g/mol. The van der Waals surface area contributed by atoms with E-state index in [1.54, 1.807) is 0 Å². The smallest absolute Gasteiger partial charge is 0.294 e. The van der Waals surface area contributed by atoms with E-state index in [2.05, 4.69) is 0 Å². The second-order valence-electron chi connectivity index (χ2n) is 3.29. The average molecular weight is 256 g/mol. The van der Waals surface area contributed by atoms with Crippen LogP contribution >= 0.6 is 0 Å². The highest BCUT2D eigenvalue weighted by atomic mass is 19.4. The molecule has 0 saturated heterocycles. The van der Waals surface area contributed by atoms with Crippen LogP contribution in [0.4, 0.5) is 26.3 Å². The molecule has 0 atom stereocenters. The molecule has 0 saturated carbocycles. The van der Waals surface area contributed by atoms with Crippen molar-refractivity contribution in [2.45, 2.75) is 18.8 Å². The van der Waals surface area contributed by atoms with Gasteiger partial charge in [-0.05, 0) is 12.1 Å². The second-order valence-corrected chi connectivity index (χ2v) is 3.29. The molecule has 94 valence electrons. The molecule has 0 N–H and O–H groups in total. The van der Waals surface area contributed by atoms with Crippen LogP contribution in [-0.4, -0.2) is 12.0 Å². The molecule has 0 heterocycles. The van der Waals surface area contributed by atoms with Gasteiger partial charge in [0.05, 0.1) is 5.56 Å². The summed E-state index contributed by atoms with van der Waals surface area (Å²) in [5, 5.41) is 0. The summed E-state index contributed by atoms with van der Waals surface area (Å²) in [7, 11) is 0. The minimum atomic E-state index is -4.67. The van der Waals surface area contributed by atoms with Crippen LogP contribution in [-0.2, 0) is 6.18 Å². The lowest BCUT2D eigenvalue weighted by Crippen LogP contribution is -2.15. The van der Waals surface area contributed by atoms with Crippen LogP contribution in [0.1, 0.15) is 22.3 Å². The third kappa shape index (κ3) is 4.08. The third-order valence-electron chi connectivity index (χ3n) is 1.90. The van der Waals surface area contributed by atoms with Gasteiger partial charge in [-0.25, -0.2) is 0 Å². The van der Waals surface area contributed by atoms with Gasteiger partial charge in [-0.1, -0.05) is 12.1 Å². The molecule has 0 amide bonds. The summed E-state index contributed by atoms with van der Waals surface area (Å²) in [5.41, 5.74) is -1.41. The largest absolute Gasteiger partial charge is 0.416 e. The highest BCUT2D eigenvalue weighted by Gasteiger charge is 2.33. The number of Topliss-reactive ketones (excluding diaryl/α,β-unsaturated/α-hetero) is 1. The molecule has 0 fully saturated rings. The number of alkyl halides is 6. The molecule has 0 aliphatic carbocycles. The van der Waals surface area contributed by atoms with Crippen LogP contribution in [0.2, 0.25) is 0 Å². The van der Waals surface area contributed by atoms with E-state index in [0.29, 0.717) is 12.1 Å². The molecule has 1 nitrogen and oxygen atoms in total. The summed E-state index contributed by atoms with van der Waals surface area (Å²) in [6.45, 7) is 0. The fourth-order valence-electron chi connectivity index (χ4n) is 1.13. The summed E-state index contributed by atoms with van der Waals surface area (Å²) in [6, 6.07) is 2.61. The average Bonchev–Trinajstić information content (AvgIpc) is 2.14. The maximum atomic E-state index is 12.1. The normalized spacial score (nSPS) is 12.6. The lowest BCUT2D eigenvalue weighted by molar-refractivity contribution is -0.137. The Morgan fingerprint density at radius 1 is 0.941 bits per heavy atom. The number of hydrogen-bond acceptors (Lipinski definition) is 1. The summed E-state index contributed by atoms with van der Waals surface area (Å²) in [4.78, 5) is 11.0. The Morgan fingerprint density at radius 3 is 1.76 bits per heavy atom. The molecule has 0 aliphatic heterocycles. The van der Waals surface area contributed by atoms with Crippen molar-refractivity contribution in [3.8, 4) is 0 Å². The molecule has 1 aromatic rings. The van der Waals surface area contributed by atoms with Gasteiger partial charge in [0.1, 0.15) is 6.42 Å². The standard InChI is InChI=1S/C10H6F6O/c11-9(12,13)5-8(17)6-1-3-7(4-2-6)10(14,15)16/h1-4H,5H2. The Balaban J connectivity index is 2.85. The number of carbonyl (C=O) groups excluding carboxylic acids is 1. The first-order chi connectivity index (χ1) is 7.59. The Kier molecular flexibility index (Phi) is 3.49. The number of carbonyl (C=O) groups is 1. The molecule has 0 radical (unpaired) electrons. The van der Waals surface area contributed by atoms with E-state index in [1.807, 2.05) is 0 Å². The van der Waals surface area contributed by atoms with Gasteiger partial charge >= 0.3 is 12.4 Å². The van der Waals surface area contributed by atoms with E-state index in [4.69, 9.17) is 0 Å². The zero-order valence-electron chi connectivity index (χ0n) is 8.19. The van der Waals surface area contributed by atoms with E-state index < -0.39 is 35.7 Å². The summed E-state index contributed by atoms with van der Waals surface area (Å²) < 4.78 is 72.0. The predicted octanol–water partition coefficient (Wildman–Crippen LogP) is 3.84. The Labute approximate surface area is 92.0 Å². The zero-order valence-corrected chi connectivity index (χ0v) is 8.19. The van der Waals surface area contributed by atoms with Crippen molar-refractivity contribution in [1.82, 2.24) is 0 Å². The van der Waals surface area contributed by atoms with Crippen LogP contribution in [0, 0.1) is 0 Å². The van der Waals surface area contributed by atoms with Crippen molar-refractivity contribution >= 4 is 5.78 Å². The third-order valence-corrected chi connectivity index (χ3v) is 1.90. The highest BCUT2D eigenvalue weighted by Crippen LogP contribution is 2.29. The molecule has 1 rings (SSSR count). The van der Waals surface area contributed by atoms with Crippen molar-refractivity contribution in [3.05, 3.63) is 35.4 Å². The second kappa shape index (κ2) is 4.38. The number of halogens is 6. The first kappa shape index (κ1) is 13.5. The molecule has 0 bridgehead atoms. The van der Waals surface area contributed by atoms with Gasteiger partial charge in [0, 0.05) is 5.56 Å². The van der Waals surface area contributed by atoms with Gasteiger partial charge in [-0.3, -0.25) is 4.79 Å². The van der Waals surface area contributed by atoms with Crippen molar-refractivity contribution in [1.29, 1.82) is 0 Å². The quantitative estimate of drug-likeness (QED) is 0.580. The number of benzene rings is 1. The highest BCUT2D eigenvalue weighted by molar-refractivity contribution is 5.96. The Morgan fingerprint density at radius 2 is 1.41 bits per heavy atom. The molecule has 0 aliphatic rings. The van der Waals surface area contributed by atoms with E-state index >= 15 is 0 Å². The maximum Gasteiger partial charge on any atom is 0.416 e. The summed E-state index contributed by atoms with van der Waals surface area (Å²) >= 11 is 0. The van der Waals surface area contributed by atoms with Crippen molar-refractivity contribution in [3.63, 3.8) is 0 Å². The van der Waals surface area contributed by atoms with Crippen molar-refractivity contribution < 1.29 is 31.1 Å². The fourth-order valence-corrected chi connectivity index (χ4v) is 1.13. The molecule has 1 aromatic carbocycles. The molecule has 0 spiro atoms. The van der Waals surface area contributed by atoms with Crippen LogP contribution < -0.4 is 0 Å². The zero-order chi connectivity index (χ0) is 13.3. The van der Waals surface area contributed by atoms with E-state index in [1.165, 1.54) is 0 Å². The van der Waals surface area contributed by atoms with Crippen LogP contribution in [0.5, 0.6) is 0 Å². The SMILES string of the molecule is O=C(CC(F)(F)F)c1ccc(C(F)(F)F)cc1. The number of ketones is 1. The monoisotopic (exact) mass is 256 g/mol. The van der Waals surface area contributed by atoms with Gasteiger partial charge in [0.2, 0.25) is 0 Å². The number of rotatable bonds is 2. The lowest BCUT2D eigenvalue weighted by atomic mass is 10.1. The predicted molar refractivity (Wildman–Crippen MR) is 46.4 cm³/mol. The van der Waals surface area contributed by atoms with Crippen molar-refractivity contribution in [2.24, 2.45) is 0 Å². The van der Waals surface area contributed by atoms with Gasteiger partial charge < -0.3 is 0 Å². The molecule has 0 aromatic heterocycles. The van der Waals surface area contributed by atoms with Gasteiger partial charge in [-0.15, -0.1) is 0 Å². The van der Waals surface area contributed by atoms with Gasteiger partial charge in [-0.2, -0.15) is 26.3 Å². The van der Waals surface area contributed by atoms with Crippen LogP contribution in [0.25, 0.3) is 0 Å². The first-order valence-electron chi connectivity index (χ1n) is 4.37. The fraction of sp³-hybridized carbons (Fsp3) is 0.300. The Bertz CT molecular complexity index is 400. The summed E-state index contributed by atoms with van der Waals surface area (Å²) in [6.07, 6.45) is -10.9. The number of hydrogen-bond donors (Lipinski definition) is 0. The minimum absolute atomic E-state index is 0.393. The summed E-state index contributed by atoms with van der Waals surface area (Å²) in [5.74, 6) is -1.26. The van der Waals surface area contributed by atoms with Crippen LogP contribution in [0.3, 0.4) is 0 Å². The maximum absolute atomic E-state index is 12.1. The molecule has 0 unspecified atom stereocenters. The van der Waals surface area contributed by atoms with E-state index in [9.17, 15) is 31.1 Å². The van der Waals surface area contributed by atoms with Crippen molar-refractivity contribution in [2.75, 3.05) is 0 Å². The topological polar surface area (TPSA) is 17.1 Å². The molecule has 17 heavy (non-hydrogen) atoms.